The van der Waals surface area contributed by atoms with Crippen LogP contribution in [0.3, 0.4) is 0 Å². The number of nitrogens with two attached hydrogens (primary N) is 1. The molecule has 0 aromatic carbocycles. The maximum absolute atomic E-state index is 5.42. The lowest BCUT2D eigenvalue weighted by Crippen LogP contribution is -2.09. The highest BCUT2D eigenvalue weighted by Gasteiger charge is 1.92. The molecule has 0 rings (SSSR count). The van der Waals surface area contributed by atoms with Crippen LogP contribution < -0.4 is 5.73 Å². The monoisotopic (exact) mass is 127 g/mol. The van der Waals surface area contributed by atoms with E-state index in [1.807, 2.05) is 0 Å². The van der Waals surface area contributed by atoms with Crippen molar-refractivity contribution in [2.24, 2.45) is 11.7 Å². The van der Waals surface area contributed by atoms with Crippen molar-refractivity contribution < 1.29 is 0 Å². The average Bonchev–Trinajstić information content (AvgIpc) is 1.89. The Labute approximate surface area is 57.9 Å². The van der Waals surface area contributed by atoms with E-state index in [4.69, 9.17) is 5.73 Å². The number of hydrogen-bond donors (Lipinski definition) is 1. The lowest BCUT2D eigenvalue weighted by atomic mass is 10.1. The molecule has 0 aliphatic carbocycles. The average molecular weight is 127 g/mol. The van der Waals surface area contributed by atoms with Gasteiger partial charge in [0.05, 0.1) is 0 Å². The second-order valence-electron chi connectivity index (χ2n) is 2.46. The Balaban J connectivity index is 3.15. The third-order valence-corrected chi connectivity index (χ3v) is 1.34. The summed E-state index contributed by atoms with van der Waals surface area (Å²) in [6, 6.07) is 0. The molecule has 1 unspecified atom stereocenters. The van der Waals surface area contributed by atoms with Crippen molar-refractivity contribution in [3.05, 3.63) is 12.2 Å². The van der Waals surface area contributed by atoms with Gasteiger partial charge in [0.2, 0.25) is 0 Å². The summed E-state index contributed by atoms with van der Waals surface area (Å²) in [6.07, 6.45) is 6.66. The molecular weight excluding hydrogens is 110 g/mol. The predicted octanol–water partition coefficient (Wildman–Crippen LogP) is 1.94. The predicted molar refractivity (Wildman–Crippen MR) is 42.3 cm³/mol. The van der Waals surface area contributed by atoms with Crippen LogP contribution in [0, 0.1) is 5.92 Å². The SMILES string of the molecule is CC/C=C/CC(C)CN. The minimum absolute atomic E-state index is 0.646. The van der Waals surface area contributed by atoms with E-state index in [0.29, 0.717) is 5.92 Å². The summed E-state index contributed by atoms with van der Waals surface area (Å²) >= 11 is 0. The van der Waals surface area contributed by atoms with Crippen molar-refractivity contribution in [1.82, 2.24) is 0 Å². The van der Waals surface area contributed by atoms with Gasteiger partial charge in [0.1, 0.15) is 0 Å². The first-order chi connectivity index (χ1) is 4.31. The lowest BCUT2D eigenvalue weighted by Gasteiger charge is -2.01. The van der Waals surface area contributed by atoms with Crippen LogP contribution in [-0.4, -0.2) is 6.54 Å². The second kappa shape index (κ2) is 5.83. The highest BCUT2D eigenvalue weighted by molar-refractivity contribution is 4.81. The summed E-state index contributed by atoms with van der Waals surface area (Å²) in [7, 11) is 0. The molecule has 9 heavy (non-hydrogen) atoms. The van der Waals surface area contributed by atoms with Gasteiger partial charge in [-0.05, 0) is 25.3 Å². The highest BCUT2D eigenvalue weighted by Crippen LogP contribution is 1.99. The first kappa shape index (κ1) is 8.70. The highest BCUT2D eigenvalue weighted by atomic mass is 14.5. The van der Waals surface area contributed by atoms with E-state index < -0.39 is 0 Å². The van der Waals surface area contributed by atoms with Crippen LogP contribution in [-0.2, 0) is 0 Å². The maximum atomic E-state index is 5.42. The summed E-state index contributed by atoms with van der Waals surface area (Å²) in [6.45, 7) is 5.11. The van der Waals surface area contributed by atoms with Gasteiger partial charge in [0, 0.05) is 0 Å². The standard InChI is InChI=1S/C8H17N/c1-3-4-5-6-8(2)7-9/h4-5,8H,3,6-7,9H2,1-2H3/b5-4+. The molecule has 2 N–H and O–H groups in total. The zero-order chi connectivity index (χ0) is 7.11. The Morgan fingerprint density at radius 2 is 2.11 bits per heavy atom. The Morgan fingerprint density at radius 3 is 2.56 bits per heavy atom. The molecule has 54 valence electrons. The lowest BCUT2D eigenvalue weighted by molar-refractivity contribution is 0.605. The first-order valence-electron chi connectivity index (χ1n) is 3.66. The summed E-state index contributed by atoms with van der Waals surface area (Å²) in [4.78, 5) is 0. The van der Waals surface area contributed by atoms with Crippen molar-refractivity contribution in [3.8, 4) is 0 Å². The zero-order valence-electron chi connectivity index (χ0n) is 6.43. The molecule has 0 spiro atoms. The molecule has 0 aromatic heterocycles. The molecule has 0 saturated carbocycles. The van der Waals surface area contributed by atoms with Crippen molar-refractivity contribution in [3.63, 3.8) is 0 Å². The summed E-state index contributed by atoms with van der Waals surface area (Å²) in [5.41, 5.74) is 5.42. The number of allylic oxidation sites excluding steroid dienone is 2. The minimum atomic E-state index is 0.646. The minimum Gasteiger partial charge on any atom is -0.330 e. The fourth-order valence-corrected chi connectivity index (χ4v) is 0.591. The third kappa shape index (κ3) is 5.57. The molecule has 0 aliphatic heterocycles. The molecule has 0 radical (unpaired) electrons. The van der Waals surface area contributed by atoms with Crippen LogP contribution in [0.5, 0.6) is 0 Å². The Bertz CT molecular complexity index is 76.6. The number of hydrogen-bond acceptors (Lipinski definition) is 1. The molecule has 0 saturated heterocycles. The Hall–Kier alpha value is -0.300. The van der Waals surface area contributed by atoms with Gasteiger partial charge in [0.25, 0.3) is 0 Å². The quantitative estimate of drug-likeness (QED) is 0.574. The van der Waals surface area contributed by atoms with Gasteiger partial charge < -0.3 is 5.73 Å². The van der Waals surface area contributed by atoms with Gasteiger partial charge >= 0.3 is 0 Å². The van der Waals surface area contributed by atoms with E-state index in [1.54, 1.807) is 0 Å². The second-order valence-corrected chi connectivity index (χ2v) is 2.46. The van der Waals surface area contributed by atoms with E-state index in [0.717, 1.165) is 19.4 Å². The van der Waals surface area contributed by atoms with Gasteiger partial charge in [0.15, 0.2) is 0 Å². The molecule has 1 heteroatoms. The Kier molecular flexibility index (Phi) is 5.64. The van der Waals surface area contributed by atoms with Crippen LogP contribution in [0.25, 0.3) is 0 Å². The summed E-state index contributed by atoms with van der Waals surface area (Å²) in [5, 5.41) is 0. The van der Waals surface area contributed by atoms with E-state index in [-0.39, 0.29) is 0 Å². The van der Waals surface area contributed by atoms with E-state index >= 15 is 0 Å². The van der Waals surface area contributed by atoms with Gasteiger partial charge in [-0.15, -0.1) is 0 Å². The molecule has 0 heterocycles. The summed E-state index contributed by atoms with van der Waals surface area (Å²) < 4.78 is 0. The molecule has 1 nitrogen and oxygen atoms in total. The largest absolute Gasteiger partial charge is 0.330 e. The molecule has 0 amide bonds. The van der Waals surface area contributed by atoms with E-state index in [9.17, 15) is 0 Å². The normalized spacial score (nSPS) is 14.6. The smallest absolute Gasteiger partial charge is 0.00485 e. The maximum Gasteiger partial charge on any atom is -0.00485 e. The van der Waals surface area contributed by atoms with Crippen LogP contribution in [0.1, 0.15) is 26.7 Å². The van der Waals surface area contributed by atoms with Gasteiger partial charge in [-0.2, -0.15) is 0 Å². The first-order valence-corrected chi connectivity index (χ1v) is 3.66. The van der Waals surface area contributed by atoms with Crippen LogP contribution in [0.4, 0.5) is 0 Å². The summed E-state index contributed by atoms with van der Waals surface area (Å²) in [5.74, 6) is 0.646. The van der Waals surface area contributed by atoms with Crippen molar-refractivity contribution in [2.75, 3.05) is 6.54 Å². The topological polar surface area (TPSA) is 26.0 Å². The fraction of sp³-hybridized carbons (Fsp3) is 0.750. The van der Waals surface area contributed by atoms with Gasteiger partial charge in [-0.25, -0.2) is 0 Å². The molecule has 0 fully saturated rings. The van der Waals surface area contributed by atoms with Crippen LogP contribution in [0.2, 0.25) is 0 Å². The van der Waals surface area contributed by atoms with Crippen LogP contribution in [0.15, 0.2) is 12.2 Å². The molecule has 1 atom stereocenters. The Morgan fingerprint density at radius 1 is 1.44 bits per heavy atom. The number of rotatable bonds is 4. The van der Waals surface area contributed by atoms with Gasteiger partial charge in [-0.1, -0.05) is 26.0 Å². The van der Waals surface area contributed by atoms with Crippen molar-refractivity contribution in [2.45, 2.75) is 26.7 Å². The fourth-order valence-electron chi connectivity index (χ4n) is 0.591. The van der Waals surface area contributed by atoms with Crippen molar-refractivity contribution in [1.29, 1.82) is 0 Å². The molecule has 0 bridgehead atoms. The van der Waals surface area contributed by atoms with Crippen LogP contribution >= 0.6 is 0 Å². The van der Waals surface area contributed by atoms with E-state index in [2.05, 4.69) is 26.0 Å². The van der Waals surface area contributed by atoms with Gasteiger partial charge in [-0.3, -0.25) is 0 Å². The molecule has 0 aliphatic rings. The molecule has 0 aromatic rings. The van der Waals surface area contributed by atoms with E-state index in [1.165, 1.54) is 0 Å². The van der Waals surface area contributed by atoms with Crippen molar-refractivity contribution >= 4 is 0 Å². The zero-order valence-corrected chi connectivity index (χ0v) is 6.43. The third-order valence-electron chi connectivity index (χ3n) is 1.34. The molecular formula is C8H17N.